The molecular weight excluding hydrogens is 784 g/mol. The molecule has 6 rings (SSSR count). The van der Waals surface area contributed by atoms with E-state index in [-0.39, 0.29) is 39.5 Å². The van der Waals surface area contributed by atoms with Crippen LogP contribution in [0.4, 0.5) is 0 Å². The number of halogens is 1. The molecule has 5 aromatic carbocycles. The van der Waals surface area contributed by atoms with Crippen LogP contribution >= 0.6 is 11.6 Å². The van der Waals surface area contributed by atoms with E-state index in [0.29, 0.717) is 5.56 Å². The van der Waals surface area contributed by atoms with Crippen molar-refractivity contribution >= 4 is 46.8 Å². The summed E-state index contributed by atoms with van der Waals surface area (Å²) in [4.78, 5) is 66.4. The summed E-state index contributed by atoms with van der Waals surface area (Å²) in [6, 6.07) is 35.1. The minimum absolute atomic E-state index is 0.0667. The van der Waals surface area contributed by atoms with Gasteiger partial charge < -0.3 is 37.9 Å². The Morgan fingerprint density at radius 3 is 1.41 bits per heavy atom. The lowest BCUT2D eigenvalue weighted by atomic mass is 9.97. The van der Waals surface area contributed by atoms with Crippen LogP contribution in [0.2, 0.25) is 0 Å². The molecule has 0 aliphatic carbocycles. The van der Waals surface area contributed by atoms with Crippen LogP contribution in [0.15, 0.2) is 140 Å². The molecule has 0 saturated carbocycles. The summed E-state index contributed by atoms with van der Waals surface area (Å²) in [6.45, 7) is -0.566. The first kappa shape index (κ1) is 41.7. The van der Waals surface area contributed by atoms with E-state index < -0.39 is 66.4 Å². The van der Waals surface area contributed by atoms with Gasteiger partial charge in [0.05, 0.1) is 36.5 Å². The predicted octanol–water partition coefficient (Wildman–Crippen LogP) is 7.12. The minimum Gasteiger partial charge on any atom is -0.493 e. The number of carbonyl (C=O) groups is 5. The van der Waals surface area contributed by atoms with Crippen molar-refractivity contribution in [1.82, 2.24) is 0 Å². The molecule has 1 saturated heterocycles. The fraction of sp³-hybridized carbons (Fsp3) is 0.178. The van der Waals surface area contributed by atoms with Gasteiger partial charge in [0.2, 0.25) is 23.4 Å². The Hall–Kier alpha value is -6.96. The van der Waals surface area contributed by atoms with E-state index in [9.17, 15) is 24.0 Å². The van der Waals surface area contributed by atoms with E-state index in [1.54, 1.807) is 84.9 Å². The topological polar surface area (TPSA) is 159 Å². The first-order chi connectivity index (χ1) is 28.6. The van der Waals surface area contributed by atoms with Crippen molar-refractivity contribution in [3.8, 4) is 17.2 Å². The number of rotatable bonds is 15. The molecule has 0 aromatic heterocycles. The highest BCUT2D eigenvalue weighted by Crippen LogP contribution is 2.42. The van der Waals surface area contributed by atoms with Crippen molar-refractivity contribution < 1.29 is 61.9 Å². The third kappa shape index (κ3) is 10.7. The first-order valence-corrected chi connectivity index (χ1v) is 18.5. The number of ether oxygens (including phenoxy) is 8. The van der Waals surface area contributed by atoms with Gasteiger partial charge in [-0.05, 0) is 90.0 Å². The Bertz CT molecular complexity index is 2240. The molecule has 0 amide bonds. The van der Waals surface area contributed by atoms with Crippen LogP contribution < -0.4 is 14.2 Å². The van der Waals surface area contributed by atoms with E-state index in [0.717, 1.165) is 6.08 Å². The lowest BCUT2D eigenvalue weighted by Crippen LogP contribution is -2.64. The van der Waals surface area contributed by atoms with Gasteiger partial charge in [0.25, 0.3) is 0 Å². The summed E-state index contributed by atoms with van der Waals surface area (Å²) in [6.07, 6.45) is -5.51. The molecule has 1 fully saturated rings. The Morgan fingerprint density at radius 2 is 0.983 bits per heavy atom. The van der Waals surface area contributed by atoms with Gasteiger partial charge in [0, 0.05) is 0 Å². The van der Waals surface area contributed by atoms with Crippen LogP contribution in [-0.2, 0) is 28.5 Å². The monoisotopic (exact) mass is 820 g/mol. The molecule has 0 bridgehead atoms. The Kier molecular flexibility index (Phi) is 14.1. The third-order valence-corrected chi connectivity index (χ3v) is 8.99. The summed E-state index contributed by atoms with van der Waals surface area (Å²) in [7, 11) is 2.71. The molecular formula is C45H37ClO13. The molecule has 1 aliphatic rings. The van der Waals surface area contributed by atoms with Crippen molar-refractivity contribution in [3.63, 3.8) is 0 Å². The fourth-order valence-corrected chi connectivity index (χ4v) is 6.08. The highest BCUT2D eigenvalue weighted by Gasteiger charge is 2.54. The van der Waals surface area contributed by atoms with Gasteiger partial charge in [-0.1, -0.05) is 72.8 Å². The van der Waals surface area contributed by atoms with Crippen LogP contribution in [0.5, 0.6) is 17.2 Å². The Labute approximate surface area is 343 Å². The number of allylic oxidation sites excluding steroid dienone is 1. The molecule has 302 valence electrons. The SMILES string of the molecule is COc1cc(/C=C/C(=O)Cl)cc(OC)c1O[C@H]1O[C@H](COC(=O)c2ccccc2)[C@@H](OC(=O)c2ccccc2)[C@H](OC(=O)c2ccccc2)[C@@H]1OC(=O)c1ccccc1. The quantitative estimate of drug-likeness (QED) is 0.0455. The molecule has 13 nitrogen and oxygen atoms in total. The van der Waals surface area contributed by atoms with Crippen LogP contribution in [0, 0.1) is 0 Å². The van der Waals surface area contributed by atoms with Gasteiger partial charge >= 0.3 is 23.9 Å². The summed E-state index contributed by atoms with van der Waals surface area (Å²) in [5.74, 6) is -3.26. The number of esters is 4. The second-order valence-corrected chi connectivity index (χ2v) is 13.1. The lowest BCUT2D eigenvalue weighted by Gasteiger charge is -2.44. The molecule has 0 unspecified atom stereocenters. The van der Waals surface area contributed by atoms with E-state index in [1.807, 2.05) is 0 Å². The molecule has 14 heteroatoms. The van der Waals surface area contributed by atoms with E-state index in [4.69, 9.17) is 49.5 Å². The summed E-state index contributed by atoms with van der Waals surface area (Å²) >= 11 is 5.53. The Balaban J connectivity index is 1.48. The van der Waals surface area contributed by atoms with Crippen molar-refractivity contribution in [2.45, 2.75) is 30.7 Å². The zero-order chi connectivity index (χ0) is 41.7. The summed E-state index contributed by atoms with van der Waals surface area (Å²) in [5.41, 5.74) is 1.03. The average Bonchev–Trinajstić information content (AvgIpc) is 3.27. The maximum Gasteiger partial charge on any atom is 0.338 e. The van der Waals surface area contributed by atoms with Crippen LogP contribution in [0.1, 0.15) is 47.0 Å². The van der Waals surface area contributed by atoms with Crippen molar-refractivity contribution in [1.29, 1.82) is 0 Å². The van der Waals surface area contributed by atoms with Gasteiger partial charge in [-0.25, -0.2) is 19.2 Å². The van der Waals surface area contributed by atoms with Gasteiger partial charge in [-0.3, -0.25) is 4.79 Å². The predicted molar refractivity (Wildman–Crippen MR) is 212 cm³/mol. The van der Waals surface area contributed by atoms with Gasteiger partial charge in [0.1, 0.15) is 12.7 Å². The molecule has 0 spiro atoms. The van der Waals surface area contributed by atoms with Crippen molar-refractivity contribution in [2.75, 3.05) is 20.8 Å². The number of carbonyl (C=O) groups excluding carboxylic acids is 5. The molecule has 5 atom stereocenters. The number of methoxy groups -OCH3 is 2. The molecule has 1 heterocycles. The lowest BCUT2D eigenvalue weighted by molar-refractivity contribution is -0.275. The zero-order valence-electron chi connectivity index (χ0n) is 31.6. The molecule has 0 N–H and O–H groups in total. The van der Waals surface area contributed by atoms with Crippen molar-refractivity contribution in [3.05, 3.63) is 167 Å². The number of hydrogen-bond donors (Lipinski definition) is 0. The average molecular weight is 821 g/mol. The first-order valence-electron chi connectivity index (χ1n) is 18.1. The molecule has 59 heavy (non-hydrogen) atoms. The minimum atomic E-state index is -1.70. The van der Waals surface area contributed by atoms with E-state index >= 15 is 0 Å². The standard InChI is InChI=1S/C45H37ClO13/c1-52-33-25-28(23-24-36(46)47)26-34(53-2)37(33)59-45-40(58-44(51)32-21-13-6-14-22-32)39(57-43(50)31-19-11-5-12-20-31)38(56-42(49)30-17-9-4-10-18-30)35(55-45)27-54-41(48)29-15-7-3-8-16-29/h3-26,35,38-40,45H,27H2,1-2H3/b24-23+/t35-,38-,39+,40+,45-/m1/s1. The van der Waals surface area contributed by atoms with Crippen LogP contribution in [-0.4, -0.2) is 80.7 Å². The number of hydrogen-bond acceptors (Lipinski definition) is 13. The summed E-state index contributed by atoms with van der Waals surface area (Å²) in [5, 5.41) is -0.723. The van der Waals surface area contributed by atoms with E-state index in [2.05, 4.69) is 0 Å². The van der Waals surface area contributed by atoms with Crippen LogP contribution in [0.3, 0.4) is 0 Å². The van der Waals surface area contributed by atoms with Gasteiger partial charge in [0.15, 0.2) is 23.7 Å². The summed E-state index contributed by atoms with van der Waals surface area (Å²) < 4.78 is 48.2. The Morgan fingerprint density at radius 1 is 0.576 bits per heavy atom. The van der Waals surface area contributed by atoms with Gasteiger partial charge in [-0.2, -0.15) is 0 Å². The highest BCUT2D eigenvalue weighted by atomic mass is 35.5. The van der Waals surface area contributed by atoms with E-state index in [1.165, 1.54) is 68.8 Å². The molecule has 0 radical (unpaired) electrons. The zero-order valence-corrected chi connectivity index (χ0v) is 32.4. The number of benzene rings is 5. The van der Waals surface area contributed by atoms with Crippen LogP contribution in [0.25, 0.3) is 6.08 Å². The molecule has 5 aromatic rings. The van der Waals surface area contributed by atoms with Crippen molar-refractivity contribution in [2.24, 2.45) is 0 Å². The largest absolute Gasteiger partial charge is 0.493 e. The fourth-order valence-electron chi connectivity index (χ4n) is 6.01. The highest BCUT2D eigenvalue weighted by molar-refractivity contribution is 6.66. The maximum absolute atomic E-state index is 13.9. The third-order valence-electron chi connectivity index (χ3n) is 8.86. The van der Waals surface area contributed by atoms with Gasteiger partial charge in [-0.15, -0.1) is 0 Å². The normalized spacial score (nSPS) is 18.5. The molecule has 1 aliphatic heterocycles. The smallest absolute Gasteiger partial charge is 0.338 e. The second-order valence-electron chi connectivity index (χ2n) is 12.7. The second kappa shape index (κ2) is 19.9. The maximum atomic E-state index is 13.9.